The van der Waals surface area contributed by atoms with Crippen LogP contribution in [-0.2, 0) is 9.57 Å². The molecule has 0 saturated heterocycles. The SMILES string of the molecule is O=C(NOC1CCCCC1)OCCCCCNc1c(Nc2ccncc2)c(=O)c1=O. The van der Waals surface area contributed by atoms with Crippen LogP contribution in [0.3, 0.4) is 0 Å². The minimum absolute atomic E-state index is 0.0886. The van der Waals surface area contributed by atoms with Crippen LogP contribution in [0.15, 0.2) is 34.1 Å². The second-order valence-electron chi connectivity index (χ2n) is 7.37. The lowest BCUT2D eigenvalue weighted by atomic mass is 9.98. The number of unbranched alkanes of at least 4 members (excludes halogenated alkanes) is 2. The number of carbonyl (C=O) groups is 1. The Morgan fingerprint density at radius 1 is 1.00 bits per heavy atom. The van der Waals surface area contributed by atoms with E-state index in [2.05, 4.69) is 21.1 Å². The van der Waals surface area contributed by atoms with Crippen molar-refractivity contribution in [2.24, 2.45) is 0 Å². The fourth-order valence-corrected chi connectivity index (χ4v) is 3.39. The summed E-state index contributed by atoms with van der Waals surface area (Å²) in [6, 6.07) is 3.44. The van der Waals surface area contributed by atoms with Crippen LogP contribution in [0.2, 0.25) is 0 Å². The summed E-state index contributed by atoms with van der Waals surface area (Å²) in [6.45, 7) is 0.849. The number of ether oxygens (including phenoxy) is 1. The van der Waals surface area contributed by atoms with Crippen molar-refractivity contribution in [3.8, 4) is 0 Å². The van der Waals surface area contributed by atoms with Gasteiger partial charge in [0.2, 0.25) is 0 Å². The van der Waals surface area contributed by atoms with E-state index in [1.165, 1.54) is 6.42 Å². The number of hydrogen-bond acceptors (Lipinski definition) is 8. The molecule has 30 heavy (non-hydrogen) atoms. The number of carbonyl (C=O) groups excluding carboxylic acids is 1. The number of nitrogens with zero attached hydrogens (tertiary/aromatic N) is 1. The number of rotatable bonds is 11. The fraction of sp³-hybridized carbons (Fsp3) is 0.524. The number of nitrogens with one attached hydrogen (secondary N) is 3. The van der Waals surface area contributed by atoms with Gasteiger partial charge in [0.05, 0.1) is 12.7 Å². The molecule has 1 aliphatic rings. The summed E-state index contributed by atoms with van der Waals surface area (Å²) < 4.78 is 5.09. The zero-order valence-corrected chi connectivity index (χ0v) is 16.9. The lowest BCUT2D eigenvalue weighted by Gasteiger charge is -2.21. The number of hydrogen-bond donors (Lipinski definition) is 3. The first-order valence-electron chi connectivity index (χ1n) is 10.5. The maximum absolute atomic E-state index is 11.8. The Balaban J connectivity index is 1.26. The molecule has 1 aliphatic carbocycles. The van der Waals surface area contributed by atoms with Gasteiger partial charge in [-0.05, 0) is 44.2 Å². The Labute approximate surface area is 174 Å². The van der Waals surface area contributed by atoms with Crippen LogP contribution in [0.4, 0.5) is 21.9 Å². The summed E-state index contributed by atoms with van der Waals surface area (Å²) in [5.74, 6) is 0. The molecule has 0 bridgehead atoms. The maximum atomic E-state index is 11.8. The molecule has 1 heterocycles. The maximum Gasteiger partial charge on any atom is 0.431 e. The third-order valence-corrected chi connectivity index (χ3v) is 5.08. The van der Waals surface area contributed by atoms with E-state index in [0.29, 0.717) is 30.9 Å². The molecular formula is C21H28N4O5. The minimum atomic E-state index is -0.561. The molecule has 9 nitrogen and oxygen atoms in total. The highest BCUT2D eigenvalue weighted by molar-refractivity contribution is 5.78. The van der Waals surface area contributed by atoms with Crippen LogP contribution in [0.25, 0.3) is 0 Å². The Morgan fingerprint density at radius 2 is 1.73 bits per heavy atom. The van der Waals surface area contributed by atoms with Gasteiger partial charge in [-0.1, -0.05) is 19.3 Å². The first-order chi connectivity index (χ1) is 14.6. The van der Waals surface area contributed by atoms with E-state index in [4.69, 9.17) is 9.57 Å². The highest BCUT2D eigenvalue weighted by atomic mass is 16.7. The van der Waals surface area contributed by atoms with E-state index in [9.17, 15) is 14.4 Å². The molecule has 1 amide bonds. The summed E-state index contributed by atoms with van der Waals surface area (Å²) in [7, 11) is 0. The van der Waals surface area contributed by atoms with Gasteiger partial charge in [-0.15, -0.1) is 0 Å². The lowest BCUT2D eigenvalue weighted by Crippen LogP contribution is -2.36. The summed E-state index contributed by atoms with van der Waals surface area (Å²) in [6.07, 6.45) is 10.5. The minimum Gasteiger partial charge on any atom is -0.448 e. The molecule has 162 valence electrons. The Bertz CT molecular complexity index is 873. The molecule has 0 spiro atoms. The predicted molar refractivity (Wildman–Crippen MR) is 114 cm³/mol. The number of hydroxylamine groups is 1. The van der Waals surface area contributed by atoms with Crippen molar-refractivity contribution in [1.82, 2.24) is 10.5 Å². The summed E-state index contributed by atoms with van der Waals surface area (Å²) in [4.78, 5) is 44.4. The van der Waals surface area contributed by atoms with Gasteiger partial charge in [-0.3, -0.25) is 19.4 Å². The van der Waals surface area contributed by atoms with Crippen molar-refractivity contribution in [2.75, 3.05) is 23.8 Å². The molecule has 0 aliphatic heterocycles. The Morgan fingerprint density at radius 3 is 2.50 bits per heavy atom. The fourth-order valence-electron chi connectivity index (χ4n) is 3.39. The van der Waals surface area contributed by atoms with Crippen LogP contribution >= 0.6 is 0 Å². The zero-order valence-electron chi connectivity index (χ0n) is 16.9. The van der Waals surface area contributed by atoms with E-state index < -0.39 is 17.0 Å². The largest absolute Gasteiger partial charge is 0.448 e. The molecule has 0 atom stereocenters. The highest BCUT2D eigenvalue weighted by Gasteiger charge is 2.20. The molecule has 0 radical (unpaired) electrons. The Hall–Kier alpha value is -2.94. The van der Waals surface area contributed by atoms with Gasteiger partial charge in [0.15, 0.2) is 0 Å². The number of amides is 1. The third kappa shape index (κ3) is 6.28. The van der Waals surface area contributed by atoms with E-state index in [1.807, 2.05) is 0 Å². The molecule has 9 heteroatoms. The molecule has 1 aromatic heterocycles. The van der Waals surface area contributed by atoms with E-state index in [0.717, 1.165) is 38.5 Å². The van der Waals surface area contributed by atoms with E-state index in [-0.39, 0.29) is 11.8 Å². The van der Waals surface area contributed by atoms with Crippen molar-refractivity contribution < 1.29 is 14.4 Å². The number of anilines is 3. The molecule has 2 aromatic rings. The van der Waals surface area contributed by atoms with Gasteiger partial charge in [0.25, 0.3) is 10.9 Å². The topological polar surface area (TPSA) is 119 Å². The van der Waals surface area contributed by atoms with Gasteiger partial charge in [0, 0.05) is 24.6 Å². The average molecular weight is 416 g/mol. The van der Waals surface area contributed by atoms with Gasteiger partial charge in [0.1, 0.15) is 11.4 Å². The predicted octanol–water partition coefficient (Wildman–Crippen LogP) is 2.99. The number of aromatic nitrogens is 1. The normalized spacial score (nSPS) is 14.4. The standard InChI is InChI=1S/C21H28N4O5/c26-19-17(18(20(19)27)24-15-9-12-22-13-10-15)23-11-5-2-6-14-29-21(28)25-30-16-7-3-1-4-8-16/h9-10,12-13,16,23H,1-8,11,14H2,(H,22,24)(H,25,28). The van der Waals surface area contributed by atoms with E-state index in [1.54, 1.807) is 24.5 Å². The molecule has 3 N–H and O–H groups in total. The van der Waals surface area contributed by atoms with Crippen LogP contribution in [-0.4, -0.2) is 30.3 Å². The smallest absolute Gasteiger partial charge is 0.431 e. The van der Waals surface area contributed by atoms with Gasteiger partial charge >= 0.3 is 6.09 Å². The first-order valence-corrected chi connectivity index (χ1v) is 10.5. The second-order valence-corrected chi connectivity index (χ2v) is 7.37. The molecule has 1 saturated carbocycles. The highest BCUT2D eigenvalue weighted by Crippen LogP contribution is 2.20. The molecule has 0 unspecified atom stereocenters. The lowest BCUT2D eigenvalue weighted by molar-refractivity contribution is -0.0387. The molecule has 3 rings (SSSR count). The average Bonchev–Trinajstić information content (AvgIpc) is 2.79. The van der Waals surface area contributed by atoms with Crippen molar-refractivity contribution in [1.29, 1.82) is 0 Å². The van der Waals surface area contributed by atoms with Crippen molar-refractivity contribution in [3.63, 3.8) is 0 Å². The quantitative estimate of drug-likeness (QED) is 0.291. The summed E-state index contributed by atoms with van der Waals surface area (Å²) in [5.41, 5.74) is 2.62. The van der Waals surface area contributed by atoms with Crippen LogP contribution in [0.5, 0.6) is 0 Å². The zero-order chi connectivity index (χ0) is 21.2. The van der Waals surface area contributed by atoms with Crippen molar-refractivity contribution >= 4 is 23.2 Å². The summed E-state index contributed by atoms with van der Waals surface area (Å²) >= 11 is 0. The monoisotopic (exact) mass is 416 g/mol. The van der Waals surface area contributed by atoms with Crippen LogP contribution < -0.4 is 27.0 Å². The van der Waals surface area contributed by atoms with Gasteiger partial charge < -0.3 is 15.4 Å². The third-order valence-electron chi connectivity index (χ3n) is 5.08. The van der Waals surface area contributed by atoms with Crippen LogP contribution in [0, 0.1) is 0 Å². The molecule has 1 aromatic carbocycles. The Kier molecular flexibility index (Phi) is 8.20. The second kappa shape index (κ2) is 11.3. The summed E-state index contributed by atoms with van der Waals surface area (Å²) in [5, 5.41) is 5.97. The molecule has 1 fully saturated rings. The molecular weight excluding hydrogens is 388 g/mol. The van der Waals surface area contributed by atoms with Gasteiger partial charge in [-0.25, -0.2) is 4.79 Å². The van der Waals surface area contributed by atoms with Gasteiger partial charge in [-0.2, -0.15) is 5.48 Å². The van der Waals surface area contributed by atoms with Crippen LogP contribution in [0.1, 0.15) is 51.4 Å². The first kappa shape index (κ1) is 21.8. The van der Waals surface area contributed by atoms with Crippen molar-refractivity contribution in [2.45, 2.75) is 57.5 Å². The number of pyridine rings is 1. The van der Waals surface area contributed by atoms with Crippen molar-refractivity contribution in [3.05, 3.63) is 45.0 Å². The van der Waals surface area contributed by atoms with E-state index >= 15 is 0 Å².